The fourth-order valence-corrected chi connectivity index (χ4v) is 2.41. The van der Waals surface area contributed by atoms with E-state index in [1.807, 2.05) is 0 Å². The molecule has 1 aliphatic carbocycles. The first-order valence-electron chi connectivity index (χ1n) is 4.58. The number of nitrogen functional groups attached to an aromatic ring is 1. The van der Waals surface area contributed by atoms with E-state index >= 15 is 0 Å². The highest BCUT2D eigenvalue weighted by atomic mass is 32.1. The van der Waals surface area contributed by atoms with Gasteiger partial charge in [-0.3, -0.25) is 0 Å². The standard InChI is InChI=1S/C9H14N2OS/c1-9(4-2-3-5-9)12-8-11-6-7(10)13-8/h6H,2-5,10H2,1H3. The number of anilines is 1. The zero-order chi connectivity index (χ0) is 9.31. The van der Waals surface area contributed by atoms with Gasteiger partial charge in [-0.05, 0) is 32.6 Å². The first-order chi connectivity index (χ1) is 6.18. The fraction of sp³-hybridized carbons (Fsp3) is 0.667. The summed E-state index contributed by atoms with van der Waals surface area (Å²) in [5.41, 5.74) is 5.58. The van der Waals surface area contributed by atoms with Crippen LogP contribution >= 0.6 is 11.3 Å². The van der Waals surface area contributed by atoms with E-state index in [1.54, 1.807) is 6.20 Å². The Kier molecular flexibility index (Phi) is 2.15. The van der Waals surface area contributed by atoms with Crippen LogP contribution < -0.4 is 10.5 Å². The molecular formula is C9H14N2OS. The van der Waals surface area contributed by atoms with Gasteiger partial charge in [-0.15, -0.1) is 0 Å². The Bertz CT molecular complexity index is 292. The summed E-state index contributed by atoms with van der Waals surface area (Å²) in [4.78, 5) is 4.10. The number of aromatic nitrogens is 1. The minimum absolute atomic E-state index is 0.00426. The molecule has 0 bridgehead atoms. The highest BCUT2D eigenvalue weighted by Crippen LogP contribution is 2.35. The minimum atomic E-state index is 0.00426. The maximum atomic E-state index is 5.81. The lowest BCUT2D eigenvalue weighted by molar-refractivity contribution is 0.0964. The van der Waals surface area contributed by atoms with Gasteiger partial charge in [-0.25, -0.2) is 4.98 Å². The van der Waals surface area contributed by atoms with Crippen molar-refractivity contribution in [3.05, 3.63) is 6.20 Å². The topological polar surface area (TPSA) is 48.1 Å². The highest BCUT2D eigenvalue weighted by molar-refractivity contribution is 7.17. The van der Waals surface area contributed by atoms with Gasteiger partial charge in [0, 0.05) is 0 Å². The summed E-state index contributed by atoms with van der Waals surface area (Å²) in [6.45, 7) is 2.15. The summed E-state index contributed by atoms with van der Waals surface area (Å²) in [5.74, 6) is 0. The first kappa shape index (κ1) is 8.81. The van der Waals surface area contributed by atoms with Gasteiger partial charge in [0.25, 0.3) is 5.19 Å². The van der Waals surface area contributed by atoms with Gasteiger partial charge >= 0.3 is 0 Å². The zero-order valence-corrected chi connectivity index (χ0v) is 8.56. The second-order valence-corrected chi connectivity index (χ2v) is 4.81. The summed E-state index contributed by atoms with van der Waals surface area (Å²) in [7, 11) is 0. The van der Waals surface area contributed by atoms with Gasteiger partial charge < -0.3 is 10.5 Å². The molecule has 1 fully saturated rings. The van der Waals surface area contributed by atoms with Crippen LogP contribution in [0, 0.1) is 0 Å². The van der Waals surface area contributed by atoms with Crippen LogP contribution in [0.1, 0.15) is 32.6 Å². The molecule has 0 atom stereocenters. The Balaban J connectivity index is 2.04. The molecule has 2 rings (SSSR count). The maximum Gasteiger partial charge on any atom is 0.275 e. The number of nitrogens with zero attached hydrogens (tertiary/aromatic N) is 1. The Hall–Kier alpha value is -0.770. The SMILES string of the molecule is CC1(Oc2ncc(N)s2)CCCC1. The second-order valence-electron chi connectivity index (χ2n) is 3.79. The monoisotopic (exact) mass is 198 g/mol. The fourth-order valence-electron chi connectivity index (χ4n) is 1.75. The smallest absolute Gasteiger partial charge is 0.275 e. The molecule has 0 saturated heterocycles. The molecule has 1 saturated carbocycles. The molecule has 13 heavy (non-hydrogen) atoms. The first-order valence-corrected chi connectivity index (χ1v) is 5.40. The second kappa shape index (κ2) is 3.18. The number of hydrogen-bond acceptors (Lipinski definition) is 4. The minimum Gasteiger partial charge on any atom is -0.464 e. The van der Waals surface area contributed by atoms with Crippen LogP contribution in [0.2, 0.25) is 0 Å². The summed E-state index contributed by atoms with van der Waals surface area (Å²) in [6.07, 6.45) is 6.44. The van der Waals surface area contributed by atoms with Crippen molar-refractivity contribution in [1.29, 1.82) is 0 Å². The lowest BCUT2D eigenvalue weighted by Gasteiger charge is -2.23. The average molecular weight is 198 g/mol. The van der Waals surface area contributed by atoms with Gasteiger partial charge in [0.05, 0.1) is 6.20 Å². The van der Waals surface area contributed by atoms with Gasteiger partial charge in [0.2, 0.25) is 0 Å². The summed E-state index contributed by atoms with van der Waals surface area (Å²) < 4.78 is 5.81. The largest absolute Gasteiger partial charge is 0.464 e. The van der Waals surface area contributed by atoms with Crippen molar-refractivity contribution in [3.63, 3.8) is 0 Å². The summed E-state index contributed by atoms with van der Waals surface area (Å²) in [6, 6.07) is 0. The van der Waals surface area contributed by atoms with E-state index in [-0.39, 0.29) is 5.60 Å². The number of rotatable bonds is 2. The average Bonchev–Trinajstić information content (AvgIpc) is 2.62. The van der Waals surface area contributed by atoms with Crippen molar-refractivity contribution in [2.45, 2.75) is 38.2 Å². The van der Waals surface area contributed by atoms with Crippen LogP contribution in [-0.4, -0.2) is 10.6 Å². The molecule has 4 heteroatoms. The van der Waals surface area contributed by atoms with Crippen LogP contribution in [0.15, 0.2) is 6.20 Å². The normalized spacial score (nSPS) is 20.4. The molecule has 2 N–H and O–H groups in total. The van der Waals surface area contributed by atoms with E-state index < -0.39 is 0 Å². The van der Waals surface area contributed by atoms with Gasteiger partial charge in [-0.1, -0.05) is 11.3 Å². The summed E-state index contributed by atoms with van der Waals surface area (Å²) in [5, 5.41) is 1.43. The predicted molar refractivity (Wildman–Crippen MR) is 54.0 cm³/mol. The number of thiazole rings is 1. The molecule has 0 amide bonds. The Morgan fingerprint density at radius 2 is 2.23 bits per heavy atom. The highest BCUT2D eigenvalue weighted by Gasteiger charge is 2.31. The van der Waals surface area contributed by atoms with E-state index in [1.165, 1.54) is 24.2 Å². The lowest BCUT2D eigenvalue weighted by atomic mass is 10.1. The van der Waals surface area contributed by atoms with Gasteiger partial charge in [0.15, 0.2) is 0 Å². The molecule has 0 radical (unpaired) electrons. The van der Waals surface area contributed by atoms with Crippen molar-refractivity contribution in [2.75, 3.05) is 5.73 Å². The molecule has 1 heterocycles. The molecule has 1 aliphatic rings. The van der Waals surface area contributed by atoms with Crippen LogP contribution in [0.25, 0.3) is 0 Å². The summed E-state index contributed by atoms with van der Waals surface area (Å²) >= 11 is 1.42. The Morgan fingerprint density at radius 1 is 1.54 bits per heavy atom. The van der Waals surface area contributed by atoms with Crippen LogP contribution in [0.4, 0.5) is 5.00 Å². The maximum absolute atomic E-state index is 5.81. The number of hydrogen-bond donors (Lipinski definition) is 1. The van der Waals surface area contributed by atoms with E-state index in [9.17, 15) is 0 Å². The molecule has 0 aromatic carbocycles. The van der Waals surface area contributed by atoms with Crippen molar-refractivity contribution in [1.82, 2.24) is 4.98 Å². The van der Waals surface area contributed by atoms with E-state index in [2.05, 4.69) is 11.9 Å². The van der Waals surface area contributed by atoms with Crippen molar-refractivity contribution in [2.24, 2.45) is 0 Å². The lowest BCUT2D eigenvalue weighted by Crippen LogP contribution is -2.27. The van der Waals surface area contributed by atoms with Crippen LogP contribution in [-0.2, 0) is 0 Å². The predicted octanol–water partition coefficient (Wildman–Crippen LogP) is 2.44. The third kappa shape index (κ3) is 1.94. The van der Waals surface area contributed by atoms with Crippen molar-refractivity contribution in [3.8, 4) is 5.19 Å². The molecule has 72 valence electrons. The van der Waals surface area contributed by atoms with E-state index in [0.29, 0.717) is 5.19 Å². The number of ether oxygens (including phenoxy) is 1. The molecular weight excluding hydrogens is 184 g/mol. The van der Waals surface area contributed by atoms with E-state index in [0.717, 1.165) is 17.8 Å². The van der Waals surface area contributed by atoms with Gasteiger partial charge in [0.1, 0.15) is 10.6 Å². The van der Waals surface area contributed by atoms with Crippen LogP contribution in [0.3, 0.4) is 0 Å². The van der Waals surface area contributed by atoms with E-state index in [4.69, 9.17) is 10.5 Å². The third-order valence-corrected chi connectivity index (χ3v) is 3.20. The van der Waals surface area contributed by atoms with Crippen LogP contribution in [0.5, 0.6) is 5.19 Å². The molecule has 0 unspecified atom stereocenters. The number of nitrogens with two attached hydrogens (primary N) is 1. The molecule has 1 aromatic rings. The molecule has 0 aliphatic heterocycles. The van der Waals surface area contributed by atoms with Crippen molar-refractivity contribution < 1.29 is 4.74 Å². The van der Waals surface area contributed by atoms with Gasteiger partial charge in [-0.2, -0.15) is 0 Å². The quantitative estimate of drug-likeness (QED) is 0.794. The Morgan fingerprint density at radius 3 is 2.77 bits per heavy atom. The third-order valence-electron chi connectivity index (χ3n) is 2.50. The molecule has 1 aromatic heterocycles. The zero-order valence-electron chi connectivity index (χ0n) is 7.75. The molecule has 0 spiro atoms. The van der Waals surface area contributed by atoms with Crippen molar-refractivity contribution >= 4 is 16.3 Å². The molecule has 3 nitrogen and oxygen atoms in total. The Labute approximate surface area is 81.9 Å².